The van der Waals surface area contributed by atoms with Crippen molar-refractivity contribution in [2.45, 2.75) is 6.92 Å². The van der Waals surface area contributed by atoms with Gasteiger partial charge >= 0.3 is 19.5 Å². The molecule has 0 nitrogen and oxygen atoms in total. The summed E-state index contributed by atoms with van der Waals surface area (Å²) in [7, 11) is 0. The molecule has 0 N–H and O–H groups in total. The van der Waals surface area contributed by atoms with Crippen LogP contribution in [0, 0.1) is 31.1 Å². The second-order valence-electron chi connectivity index (χ2n) is 2.24. The van der Waals surface area contributed by atoms with E-state index in [1.807, 2.05) is 37.1 Å². The van der Waals surface area contributed by atoms with E-state index in [4.69, 9.17) is 6.42 Å². The molecule has 1 rings (SSSR count). The van der Waals surface area contributed by atoms with Crippen LogP contribution in [-0.2, 0) is 19.5 Å². The van der Waals surface area contributed by atoms with Gasteiger partial charge in [0.2, 0.25) is 0 Å². The van der Waals surface area contributed by atoms with E-state index >= 15 is 0 Å². The van der Waals surface area contributed by atoms with Crippen molar-refractivity contribution in [3.05, 3.63) is 41.8 Å². The Morgan fingerprint density at radius 2 is 1.75 bits per heavy atom. The smallest absolute Gasteiger partial charge is 0.358 e. The van der Waals surface area contributed by atoms with Crippen LogP contribution in [0.15, 0.2) is 24.3 Å². The molecule has 0 unspecified atom stereocenters. The number of aryl methyl sites for hydroxylation is 1. The van der Waals surface area contributed by atoms with E-state index in [2.05, 4.69) is 11.8 Å². The van der Waals surface area contributed by atoms with Crippen molar-refractivity contribution in [2.24, 2.45) is 0 Å². The van der Waals surface area contributed by atoms with Crippen LogP contribution in [0.2, 0.25) is 0 Å². The minimum absolute atomic E-state index is 0. The summed E-state index contributed by atoms with van der Waals surface area (Å²) < 4.78 is 0. The van der Waals surface area contributed by atoms with Gasteiger partial charge < -0.3 is 6.42 Å². The Morgan fingerprint density at radius 3 is 2.25 bits per heavy atom. The van der Waals surface area contributed by atoms with Crippen LogP contribution in [0.5, 0.6) is 0 Å². The molecule has 1 aromatic rings. The average Bonchev–Trinajstić information content (AvgIpc) is 2.04. The summed E-state index contributed by atoms with van der Waals surface area (Å²) in [5.41, 5.74) is 2.14. The molecule has 1 radical (unpaired) electrons. The van der Waals surface area contributed by atoms with Crippen molar-refractivity contribution in [1.29, 1.82) is 0 Å². The standard InChI is InChI=1S/C11H7.Ru/c1-3-4-5-11-8-6-10(2)7-9-11;/h6-9H,2H3;/q-1;+1. The maximum atomic E-state index is 6.57. The van der Waals surface area contributed by atoms with Gasteiger partial charge in [0.15, 0.2) is 0 Å². The average molecular weight is 240 g/mol. The molecular formula is C11H7Ru. The van der Waals surface area contributed by atoms with Crippen LogP contribution in [0.3, 0.4) is 0 Å². The van der Waals surface area contributed by atoms with Gasteiger partial charge in [0, 0.05) is 5.56 Å². The molecule has 1 aromatic carbocycles. The fourth-order valence-corrected chi connectivity index (χ4v) is 0.740. The first-order valence-corrected chi connectivity index (χ1v) is 3.32. The SMILES string of the molecule is [C-]#CC#Cc1ccc(C)cc1.[Ru+]. The van der Waals surface area contributed by atoms with Crippen LogP contribution in [0.1, 0.15) is 11.1 Å². The van der Waals surface area contributed by atoms with Gasteiger partial charge in [0.1, 0.15) is 0 Å². The third kappa shape index (κ3) is 3.38. The largest absolute Gasteiger partial charge is 1.00 e. The van der Waals surface area contributed by atoms with Gasteiger partial charge in [-0.3, -0.25) is 5.92 Å². The van der Waals surface area contributed by atoms with Gasteiger partial charge in [-0.1, -0.05) is 17.7 Å². The zero-order chi connectivity index (χ0) is 8.10. The Hall–Kier alpha value is -1.04. The third-order valence-corrected chi connectivity index (χ3v) is 1.32. The minimum atomic E-state index is 0. The van der Waals surface area contributed by atoms with E-state index in [0.29, 0.717) is 0 Å². The Bertz CT molecular complexity index is 330. The summed E-state index contributed by atoms with van der Waals surface area (Å²) in [6.07, 6.45) is 6.57. The Kier molecular flexibility index (Phi) is 5.11. The van der Waals surface area contributed by atoms with Crippen molar-refractivity contribution >= 4 is 0 Å². The third-order valence-electron chi connectivity index (χ3n) is 1.32. The molecule has 0 aliphatic rings. The second-order valence-corrected chi connectivity index (χ2v) is 2.24. The maximum Gasteiger partial charge on any atom is 1.00 e. The molecule has 0 fully saturated rings. The van der Waals surface area contributed by atoms with Gasteiger partial charge in [0.25, 0.3) is 0 Å². The van der Waals surface area contributed by atoms with Crippen LogP contribution >= 0.6 is 0 Å². The molecule has 1 heteroatoms. The van der Waals surface area contributed by atoms with Crippen LogP contribution in [0.25, 0.3) is 0 Å². The van der Waals surface area contributed by atoms with Crippen molar-refractivity contribution in [1.82, 2.24) is 0 Å². The molecule has 0 spiro atoms. The summed E-state index contributed by atoms with van der Waals surface area (Å²) >= 11 is 0. The van der Waals surface area contributed by atoms with E-state index in [9.17, 15) is 0 Å². The molecule has 0 saturated carbocycles. The normalized spacial score (nSPS) is 7.00. The van der Waals surface area contributed by atoms with Gasteiger partial charge in [-0.25, -0.2) is 5.92 Å². The molecule has 0 amide bonds. The van der Waals surface area contributed by atoms with E-state index in [0.717, 1.165) is 5.56 Å². The van der Waals surface area contributed by atoms with E-state index in [-0.39, 0.29) is 19.5 Å². The molecule has 0 atom stereocenters. The molecule has 0 aromatic heterocycles. The summed E-state index contributed by atoms with van der Waals surface area (Å²) in [4.78, 5) is 0. The summed E-state index contributed by atoms with van der Waals surface area (Å²) in [6.45, 7) is 2.03. The van der Waals surface area contributed by atoms with Crippen molar-refractivity contribution in [3.63, 3.8) is 0 Å². The van der Waals surface area contributed by atoms with Gasteiger partial charge in [-0.05, 0) is 19.1 Å². The number of hydrogen-bond donors (Lipinski definition) is 0. The van der Waals surface area contributed by atoms with Crippen molar-refractivity contribution in [2.75, 3.05) is 0 Å². The molecular weight excluding hydrogens is 233 g/mol. The number of rotatable bonds is 0. The Balaban J connectivity index is 0.00000121. The molecule has 0 saturated heterocycles. The van der Waals surface area contributed by atoms with Crippen LogP contribution in [-0.4, -0.2) is 0 Å². The van der Waals surface area contributed by atoms with Gasteiger partial charge in [0.05, 0.1) is 0 Å². The van der Waals surface area contributed by atoms with E-state index in [1.54, 1.807) is 0 Å². The van der Waals surface area contributed by atoms with Crippen LogP contribution in [0.4, 0.5) is 0 Å². The fourth-order valence-electron chi connectivity index (χ4n) is 0.740. The zero-order valence-corrected chi connectivity index (χ0v) is 8.40. The first-order valence-electron chi connectivity index (χ1n) is 3.32. The van der Waals surface area contributed by atoms with Gasteiger partial charge in [-0.2, -0.15) is 5.92 Å². The second kappa shape index (κ2) is 5.59. The molecule has 0 bridgehead atoms. The predicted octanol–water partition coefficient (Wildman–Crippen LogP) is 1.93. The predicted molar refractivity (Wildman–Crippen MR) is 45.2 cm³/mol. The number of hydrogen-bond acceptors (Lipinski definition) is 0. The summed E-state index contributed by atoms with van der Waals surface area (Å²) in [6, 6.07) is 7.85. The Labute approximate surface area is 86.1 Å². The fraction of sp³-hybridized carbons (Fsp3) is 0.0909. The first kappa shape index (κ1) is 11.0. The first-order chi connectivity index (χ1) is 5.33. The van der Waals surface area contributed by atoms with Crippen LogP contribution < -0.4 is 0 Å². The van der Waals surface area contributed by atoms with Crippen molar-refractivity contribution in [3.8, 4) is 17.8 Å². The molecule has 12 heavy (non-hydrogen) atoms. The minimum Gasteiger partial charge on any atom is -0.358 e. The quantitative estimate of drug-likeness (QED) is 0.369. The molecule has 59 valence electrons. The van der Waals surface area contributed by atoms with Gasteiger partial charge in [-0.15, -0.1) is 0 Å². The summed E-state index contributed by atoms with van der Waals surface area (Å²) in [5, 5.41) is 0. The maximum absolute atomic E-state index is 6.57. The molecule has 0 aliphatic carbocycles. The van der Waals surface area contributed by atoms with E-state index < -0.39 is 0 Å². The molecule has 0 heterocycles. The summed E-state index contributed by atoms with van der Waals surface area (Å²) in [5.74, 6) is 7.24. The molecule has 0 aliphatic heterocycles. The zero-order valence-electron chi connectivity index (χ0n) is 6.66. The Morgan fingerprint density at radius 1 is 1.17 bits per heavy atom. The van der Waals surface area contributed by atoms with Crippen molar-refractivity contribution < 1.29 is 19.5 Å². The van der Waals surface area contributed by atoms with E-state index in [1.165, 1.54) is 5.56 Å². The topological polar surface area (TPSA) is 0 Å². The monoisotopic (exact) mass is 241 g/mol. The number of benzene rings is 1.